The van der Waals surface area contributed by atoms with Crippen molar-refractivity contribution >= 4 is 38.6 Å². The summed E-state index contributed by atoms with van der Waals surface area (Å²) in [5, 5.41) is 16.5. The molecule has 6 heteroatoms. The van der Waals surface area contributed by atoms with E-state index in [2.05, 4.69) is 39.9 Å². The van der Waals surface area contributed by atoms with E-state index >= 15 is 0 Å². The lowest BCUT2D eigenvalue weighted by molar-refractivity contribution is -0.149. The molecule has 30 heavy (non-hydrogen) atoms. The van der Waals surface area contributed by atoms with Crippen molar-refractivity contribution in [2.45, 2.75) is 45.1 Å². The molecule has 158 valence electrons. The second-order valence-corrected chi connectivity index (χ2v) is 9.35. The van der Waals surface area contributed by atoms with E-state index in [0.29, 0.717) is 13.0 Å². The minimum atomic E-state index is -0.903. The van der Waals surface area contributed by atoms with Crippen molar-refractivity contribution < 1.29 is 14.6 Å². The maximum atomic E-state index is 11.3. The van der Waals surface area contributed by atoms with Crippen molar-refractivity contribution in [2.75, 3.05) is 18.1 Å². The van der Waals surface area contributed by atoms with Crippen LogP contribution in [0.4, 0.5) is 10.0 Å². The molecule has 0 aliphatic carbocycles. The minimum Gasteiger partial charge on any atom is -0.479 e. The molecule has 0 radical (unpaired) electrons. The number of hydrogen-bond acceptors (Lipinski definition) is 5. The Balaban J connectivity index is 1.37. The summed E-state index contributed by atoms with van der Waals surface area (Å²) in [5.41, 5.74) is 5.22. The van der Waals surface area contributed by atoms with E-state index in [9.17, 15) is 9.90 Å². The zero-order chi connectivity index (χ0) is 20.9. The number of aliphatic carboxylic acids is 1. The van der Waals surface area contributed by atoms with Crippen LogP contribution >= 0.6 is 22.7 Å². The molecule has 1 atom stereocenters. The second kappa shape index (κ2) is 9.77. The number of aryl methyl sites for hydroxylation is 3. The fourth-order valence-corrected chi connectivity index (χ4v) is 6.03. The summed E-state index contributed by atoms with van der Waals surface area (Å²) >= 11 is 3.69. The van der Waals surface area contributed by atoms with Gasteiger partial charge in [0, 0.05) is 19.6 Å². The molecule has 4 rings (SSSR count). The van der Waals surface area contributed by atoms with E-state index in [1.165, 1.54) is 26.7 Å². The quantitative estimate of drug-likeness (QED) is 0.462. The molecule has 1 N–H and O–H groups in total. The number of carboxylic acid groups (broad SMARTS) is 1. The smallest absolute Gasteiger partial charge is 0.333 e. The Morgan fingerprint density at radius 3 is 2.20 bits per heavy atom. The Kier molecular flexibility index (Phi) is 6.87. The normalized spacial score (nSPS) is 14.1. The number of carbonyl (C=O) groups is 1. The molecule has 1 aliphatic rings. The van der Waals surface area contributed by atoms with Gasteiger partial charge >= 0.3 is 5.97 Å². The number of hydrogen-bond donors (Lipinski definition) is 1. The highest BCUT2D eigenvalue weighted by molar-refractivity contribution is 7.16. The van der Waals surface area contributed by atoms with Gasteiger partial charge in [-0.1, -0.05) is 24.3 Å². The van der Waals surface area contributed by atoms with E-state index in [4.69, 9.17) is 4.74 Å². The standard InChI is InChI=1S/C24H27NO3S2/c1-2-28-21(24(26)27)16-18-7-5-17(6-8-18)4-3-13-25-22-19(11-14-29-22)9-10-20-12-15-30-23(20)25/h5-8,11-12,14-15,21H,2-4,9-10,13,16H2,1H3,(H,26,27). The van der Waals surface area contributed by atoms with Crippen LogP contribution in [0, 0.1) is 0 Å². The van der Waals surface area contributed by atoms with Crippen LogP contribution in [0.3, 0.4) is 0 Å². The molecule has 0 bridgehead atoms. The van der Waals surface area contributed by atoms with Gasteiger partial charge in [-0.05, 0) is 77.8 Å². The Bertz CT molecular complexity index is 934. The Labute approximate surface area is 185 Å². The number of ether oxygens (including phenoxy) is 1. The van der Waals surface area contributed by atoms with Crippen molar-refractivity contribution in [2.24, 2.45) is 0 Å². The number of fused-ring (bicyclic) bond motifs is 2. The lowest BCUT2D eigenvalue weighted by Crippen LogP contribution is -2.26. The van der Waals surface area contributed by atoms with Crippen molar-refractivity contribution in [1.29, 1.82) is 0 Å². The zero-order valence-corrected chi connectivity index (χ0v) is 18.8. The second-order valence-electron chi connectivity index (χ2n) is 7.56. The Hall–Kier alpha value is -2.15. The van der Waals surface area contributed by atoms with E-state index in [1.54, 1.807) is 0 Å². The van der Waals surface area contributed by atoms with Crippen molar-refractivity contribution in [3.8, 4) is 0 Å². The number of benzene rings is 1. The number of nitrogens with zero attached hydrogens (tertiary/aromatic N) is 1. The van der Waals surface area contributed by atoms with Crippen LogP contribution in [-0.4, -0.2) is 30.3 Å². The van der Waals surface area contributed by atoms with Gasteiger partial charge in [0.05, 0.1) is 10.0 Å². The molecule has 1 aliphatic heterocycles. The van der Waals surface area contributed by atoms with Crippen molar-refractivity contribution in [3.63, 3.8) is 0 Å². The minimum absolute atomic E-state index is 0.402. The fraction of sp³-hybridized carbons (Fsp3) is 0.375. The molecule has 0 spiro atoms. The van der Waals surface area contributed by atoms with Gasteiger partial charge in [0.25, 0.3) is 0 Å². The summed E-state index contributed by atoms with van der Waals surface area (Å²) in [6, 6.07) is 12.9. The van der Waals surface area contributed by atoms with Crippen LogP contribution in [0.15, 0.2) is 47.2 Å². The van der Waals surface area contributed by atoms with E-state index in [1.807, 2.05) is 41.7 Å². The summed E-state index contributed by atoms with van der Waals surface area (Å²) in [4.78, 5) is 13.8. The lowest BCUT2D eigenvalue weighted by Gasteiger charge is -2.22. The van der Waals surface area contributed by atoms with Gasteiger partial charge in [-0.25, -0.2) is 4.79 Å². The largest absolute Gasteiger partial charge is 0.479 e. The molecule has 3 aromatic rings. The van der Waals surface area contributed by atoms with Crippen molar-refractivity contribution in [1.82, 2.24) is 0 Å². The molecule has 0 amide bonds. The highest BCUT2D eigenvalue weighted by Gasteiger charge is 2.22. The lowest BCUT2D eigenvalue weighted by atomic mass is 10.0. The molecule has 4 nitrogen and oxygen atoms in total. The van der Waals surface area contributed by atoms with Crippen LogP contribution < -0.4 is 4.90 Å². The fourth-order valence-electron chi connectivity index (χ4n) is 3.99. The maximum absolute atomic E-state index is 11.3. The molecule has 0 saturated carbocycles. The molecule has 0 saturated heterocycles. The number of carboxylic acids is 1. The highest BCUT2D eigenvalue weighted by atomic mass is 32.1. The van der Waals surface area contributed by atoms with Crippen LogP contribution in [0.25, 0.3) is 0 Å². The number of anilines is 2. The first-order valence-electron chi connectivity index (χ1n) is 10.5. The zero-order valence-electron chi connectivity index (χ0n) is 17.2. The van der Waals surface area contributed by atoms with E-state index in [-0.39, 0.29) is 0 Å². The topological polar surface area (TPSA) is 49.8 Å². The molecule has 0 fully saturated rings. The third kappa shape index (κ3) is 4.77. The highest BCUT2D eigenvalue weighted by Crippen LogP contribution is 2.42. The van der Waals surface area contributed by atoms with Gasteiger partial charge in [0.2, 0.25) is 0 Å². The van der Waals surface area contributed by atoms with Gasteiger partial charge < -0.3 is 14.7 Å². The molecule has 1 aromatic carbocycles. The van der Waals surface area contributed by atoms with Gasteiger partial charge in [0.15, 0.2) is 6.10 Å². The van der Waals surface area contributed by atoms with Crippen LogP contribution in [0.5, 0.6) is 0 Å². The van der Waals surface area contributed by atoms with Crippen LogP contribution in [0.2, 0.25) is 0 Å². The summed E-state index contributed by atoms with van der Waals surface area (Å²) in [6.07, 6.45) is 3.96. The summed E-state index contributed by atoms with van der Waals surface area (Å²) in [5.74, 6) is -0.903. The number of rotatable bonds is 9. The van der Waals surface area contributed by atoms with Gasteiger partial charge in [-0.2, -0.15) is 0 Å². The summed E-state index contributed by atoms with van der Waals surface area (Å²) < 4.78 is 5.32. The summed E-state index contributed by atoms with van der Waals surface area (Å²) in [7, 11) is 0. The van der Waals surface area contributed by atoms with Crippen molar-refractivity contribution in [3.05, 3.63) is 69.4 Å². The van der Waals surface area contributed by atoms with Gasteiger partial charge in [0.1, 0.15) is 0 Å². The van der Waals surface area contributed by atoms with Gasteiger partial charge in [-0.3, -0.25) is 0 Å². The predicted molar refractivity (Wildman–Crippen MR) is 125 cm³/mol. The van der Waals surface area contributed by atoms with Gasteiger partial charge in [-0.15, -0.1) is 22.7 Å². The van der Waals surface area contributed by atoms with E-state index < -0.39 is 12.1 Å². The SMILES string of the molecule is CCOC(Cc1ccc(CCCN2c3sccc3CCc3ccsc32)cc1)C(=O)O. The molecule has 3 heterocycles. The maximum Gasteiger partial charge on any atom is 0.333 e. The van der Waals surface area contributed by atoms with Crippen LogP contribution in [-0.2, 0) is 35.2 Å². The molecular weight excluding hydrogens is 414 g/mol. The monoisotopic (exact) mass is 441 g/mol. The van der Waals surface area contributed by atoms with Crippen LogP contribution in [0.1, 0.15) is 35.6 Å². The van der Waals surface area contributed by atoms with E-state index in [0.717, 1.165) is 37.8 Å². The third-order valence-electron chi connectivity index (χ3n) is 5.54. The Morgan fingerprint density at radius 1 is 1.03 bits per heavy atom. The average molecular weight is 442 g/mol. The molecular formula is C24H27NO3S2. The first-order valence-corrected chi connectivity index (χ1v) is 12.2. The number of thiophene rings is 2. The molecule has 2 aromatic heterocycles. The third-order valence-corrected chi connectivity index (χ3v) is 7.49. The summed E-state index contributed by atoms with van der Waals surface area (Å²) in [6.45, 7) is 3.24. The first-order chi connectivity index (χ1) is 14.7. The first kappa shape index (κ1) is 21.1. The Morgan fingerprint density at radius 2 is 1.63 bits per heavy atom. The average Bonchev–Trinajstić information content (AvgIpc) is 3.38. The molecule has 1 unspecified atom stereocenters. The predicted octanol–water partition coefficient (Wildman–Crippen LogP) is 5.71.